The van der Waals surface area contributed by atoms with Crippen LogP contribution in [-0.4, -0.2) is 4.98 Å². The van der Waals surface area contributed by atoms with Crippen molar-refractivity contribution in [3.8, 4) is 0 Å². The summed E-state index contributed by atoms with van der Waals surface area (Å²) in [6.07, 6.45) is 1.47. The lowest BCUT2D eigenvalue weighted by molar-refractivity contribution is 0.516. The van der Waals surface area contributed by atoms with E-state index in [1.165, 1.54) is 12.3 Å². The number of fused-ring (bicyclic) bond motifs is 1. The molecule has 1 heterocycles. The predicted octanol–water partition coefficient (Wildman–Crippen LogP) is 2.11. The molecule has 0 bridgehead atoms. The molecule has 1 aromatic carbocycles. The quantitative estimate of drug-likeness (QED) is 0.686. The number of halogens is 2. The van der Waals surface area contributed by atoms with Crippen molar-refractivity contribution in [3.63, 3.8) is 0 Å². The second-order valence-electron chi connectivity index (χ2n) is 3.08. The van der Waals surface area contributed by atoms with Gasteiger partial charge in [0.15, 0.2) is 11.6 Å². The van der Waals surface area contributed by atoms with Crippen molar-refractivity contribution in [3.05, 3.63) is 45.9 Å². The van der Waals surface area contributed by atoms with Crippen molar-refractivity contribution in [2.24, 2.45) is 0 Å². The normalized spacial score (nSPS) is 10.8. The summed E-state index contributed by atoms with van der Waals surface area (Å²) in [6, 6.07) is 2.42. The van der Waals surface area contributed by atoms with Crippen molar-refractivity contribution in [1.29, 1.82) is 0 Å². The summed E-state index contributed by atoms with van der Waals surface area (Å²) in [6.45, 7) is 1.72. The fraction of sp³-hybridized carbons (Fsp3) is 0.100. The smallest absolute Gasteiger partial charge is 0.258 e. The van der Waals surface area contributed by atoms with Crippen LogP contribution in [0.25, 0.3) is 10.8 Å². The summed E-state index contributed by atoms with van der Waals surface area (Å²) in [5, 5.41) is 0.220. The Morgan fingerprint density at radius 3 is 2.71 bits per heavy atom. The Kier molecular flexibility index (Phi) is 1.84. The highest BCUT2D eigenvalue weighted by Gasteiger charge is 2.11. The fourth-order valence-electron chi connectivity index (χ4n) is 1.42. The predicted molar refractivity (Wildman–Crippen MR) is 49.2 cm³/mol. The van der Waals surface area contributed by atoms with Gasteiger partial charge in [0.05, 0.1) is 5.39 Å². The van der Waals surface area contributed by atoms with E-state index >= 15 is 0 Å². The van der Waals surface area contributed by atoms with Gasteiger partial charge >= 0.3 is 0 Å². The van der Waals surface area contributed by atoms with E-state index in [2.05, 4.69) is 4.98 Å². The average molecular weight is 195 g/mol. The highest BCUT2D eigenvalue weighted by atomic mass is 19.2. The van der Waals surface area contributed by atoms with Crippen molar-refractivity contribution in [2.75, 3.05) is 0 Å². The molecule has 0 radical (unpaired) electrons. The van der Waals surface area contributed by atoms with Crippen molar-refractivity contribution < 1.29 is 8.78 Å². The van der Waals surface area contributed by atoms with Crippen LogP contribution in [0.15, 0.2) is 23.1 Å². The Hall–Kier alpha value is -1.71. The zero-order chi connectivity index (χ0) is 10.3. The van der Waals surface area contributed by atoms with Gasteiger partial charge in [-0.1, -0.05) is 6.07 Å². The van der Waals surface area contributed by atoms with E-state index < -0.39 is 17.2 Å². The number of benzene rings is 1. The van der Waals surface area contributed by atoms with Crippen molar-refractivity contribution >= 4 is 10.8 Å². The van der Waals surface area contributed by atoms with Crippen molar-refractivity contribution in [1.82, 2.24) is 4.98 Å². The molecule has 0 saturated carbocycles. The standard InChI is InChI=1S/C10H7F2NO/c1-5-4-13-10(14)8-6(5)2-3-7(11)9(8)12/h2-4H,1H3,(H,13,14). The minimum absolute atomic E-state index is 0.218. The molecule has 0 aliphatic heterocycles. The average Bonchev–Trinajstić information content (AvgIpc) is 2.16. The van der Waals surface area contributed by atoms with Gasteiger partial charge in [-0.2, -0.15) is 0 Å². The number of aryl methyl sites for hydroxylation is 1. The van der Waals surface area contributed by atoms with Gasteiger partial charge in [0.25, 0.3) is 5.56 Å². The van der Waals surface area contributed by atoms with Gasteiger partial charge in [0, 0.05) is 6.20 Å². The molecule has 0 aliphatic carbocycles. The third-order valence-corrected chi connectivity index (χ3v) is 2.17. The first-order valence-corrected chi connectivity index (χ1v) is 4.07. The van der Waals surface area contributed by atoms with Crippen LogP contribution < -0.4 is 5.56 Å². The van der Waals surface area contributed by atoms with Gasteiger partial charge in [-0.25, -0.2) is 8.78 Å². The molecule has 14 heavy (non-hydrogen) atoms. The van der Waals surface area contributed by atoms with Gasteiger partial charge < -0.3 is 4.98 Å². The lowest BCUT2D eigenvalue weighted by atomic mass is 10.1. The molecule has 2 rings (SSSR count). The first-order valence-electron chi connectivity index (χ1n) is 4.07. The molecule has 1 aromatic heterocycles. The lowest BCUT2D eigenvalue weighted by Gasteiger charge is -2.02. The Balaban J connectivity index is 3.09. The van der Waals surface area contributed by atoms with Gasteiger partial charge in [-0.05, 0) is 23.9 Å². The van der Waals surface area contributed by atoms with Crippen LogP contribution in [0, 0.1) is 18.6 Å². The minimum Gasteiger partial charge on any atom is -0.328 e. The lowest BCUT2D eigenvalue weighted by Crippen LogP contribution is -2.09. The van der Waals surface area contributed by atoms with Gasteiger partial charge in [-0.15, -0.1) is 0 Å². The number of hydrogen-bond acceptors (Lipinski definition) is 1. The van der Waals surface area contributed by atoms with Crippen LogP contribution in [0.1, 0.15) is 5.56 Å². The molecule has 2 aromatic rings. The maximum absolute atomic E-state index is 13.2. The number of pyridine rings is 1. The van der Waals surface area contributed by atoms with Crippen LogP contribution >= 0.6 is 0 Å². The van der Waals surface area contributed by atoms with Crippen molar-refractivity contribution in [2.45, 2.75) is 6.92 Å². The molecule has 72 valence electrons. The largest absolute Gasteiger partial charge is 0.328 e. The molecule has 0 atom stereocenters. The molecule has 0 saturated heterocycles. The molecule has 4 heteroatoms. The highest BCUT2D eigenvalue weighted by molar-refractivity contribution is 5.84. The first-order chi connectivity index (χ1) is 6.61. The topological polar surface area (TPSA) is 32.9 Å². The summed E-state index contributed by atoms with van der Waals surface area (Å²) < 4.78 is 26.1. The molecule has 0 aliphatic rings. The maximum atomic E-state index is 13.2. The van der Waals surface area contributed by atoms with Gasteiger partial charge in [-0.3, -0.25) is 4.79 Å². The van der Waals surface area contributed by atoms with E-state index in [-0.39, 0.29) is 5.39 Å². The van der Waals surface area contributed by atoms with E-state index in [1.807, 2.05) is 0 Å². The highest BCUT2D eigenvalue weighted by Crippen LogP contribution is 2.18. The molecule has 0 unspecified atom stereocenters. The van der Waals surface area contributed by atoms with E-state index in [0.29, 0.717) is 10.9 Å². The number of aromatic nitrogens is 1. The summed E-state index contributed by atoms with van der Waals surface area (Å²) in [5.41, 5.74) is 0.0982. The second kappa shape index (κ2) is 2.90. The minimum atomic E-state index is -1.09. The Labute approximate surface area is 78.2 Å². The second-order valence-corrected chi connectivity index (χ2v) is 3.08. The summed E-state index contributed by atoms with van der Waals surface area (Å²) in [4.78, 5) is 13.6. The summed E-state index contributed by atoms with van der Waals surface area (Å²) in [5.74, 6) is -2.10. The molecular weight excluding hydrogens is 188 g/mol. The molecule has 0 amide bonds. The Morgan fingerprint density at radius 2 is 2.00 bits per heavy atom. The number of nitrogens with one attached hydrogen (secondary N) is 1. The number of hydrogen-bond donors (Lipinski definition) is 1. The zero-order valence-electron chi connectivity index (χ0n) is 7.40. The van der Waals surface area contributed by atoms with Crippen LogP contribution in [0.2, 0.25) is 0 Å². The SMILES string of the molecule is Cc1c[nH]c(=O)c2c(F)c(F)ccc12. The monoisotopic (exact) mass is 195 g/mol. The fourth-order valence-corrected chi connectivity index (χ4v) is 1.42. The van der Waals surface area contributed by atoms with E-state index in [9.17, 15) is 13.6 Å². The third kappa shape index (κ3) is 1.11. The molecule has 2 nitrogen and oxygen atoms in total. The molecular formula is C10H7F2NO. The third-order valence-electron chi connectivity index (χ3n) is 2.17. The Morgan fingerprint density at radius 1 is 1.29 bits per heavy atom. The zero-order valence-corrected chi connectivity index (χ0v) is 7.40. The van der Waals surface area contributed by atoms with Crippen LogP contribution in [-0.2, 0) is 0 Å². The molecule has 1 N–H and O–H groups in total. The van der Waals surface area contributed by atoms with Gasteiger partial charge in [0.1, 0.15) is 0 Å². The molecule has 0 spiro atoms. The number of aromatic amines is 1. The van der Waals surface area contributed by atoms with E-state index in [1.54, 1.807) is 6.92 Å². The number of H-pyrrole nitrogens is 1. The number of rotatable bonds is 0. The Bertz CT molecular complexity index is 560. The van der Waals surface area contributed by atoms with Crippen LogP contribution in [0.5, 0.6) is 0 Å². The molecule has 0 fully saturated rings. The summed E-state index contributed by atoms with van der Waals surface area (Å²) >= 11 is 0. The van der Waals surface area contributed by atoms with Gasteiger partial charge in [0.2, 0.25) is 0 Å². The first kappa shape index (κ1) is 8.87. The van der Waals surface area contributed by atoms with E-state index in [4.69, 9.17) is 0 Å². The summed E-state index contributed by atoms with van der Waals surface area (Å²) in [7, 11) is 0. The van der Waals surface area contributed by atoms with E-state index in [0.717, 1.165) is 6.07 Å². The van der Waals surface area contributed by atoms with Crippen LogP contribution in [0.3, 0.4) is 0 Å². The maximum Gasteiger partial charge on any atom is 0.258 e. The van der Waals surface area contributed by atoms with Crippen LogP contribution in [0.4, 0.5) is 8.78 Å².